The van der Waals surface area contributed by atoms with E-state index in [9.17, 15) is 13.2 Å². The molecule has 0 fully saturated rings. The van der Waals surface area contributed by atoms with Crippen molar-refractivity contribution < 1.29 is 17.7 Å². The van der Waals surface area contributed by atoms with Gasteiger partial charge in [-0.15, -0.1) is 0 Å². The molecule has 0 atom stereocenters. The van der Waals surface area contributed by atoms with E-state index in [4.69, 9.17) is 0 Å². The maximum Gasteiger partial charge on any atom is 0.455 e. The Kier molecular flexibility index (Phi) is 3.49. The number of halogens is 3. The summed E-state index contributed by atoms with van der Waals surface area (Å²) in [6, 6.07) is 0. The molecular formula is C8H11F3N2O. The molecule has 0 aliphatic heterocycles. The second kappa shape index (κ2) is 4.43. The van der Waals surface area contributed by atoms with Crippen molar-refractivity contribution >= 4 is 0 Å². The Hall–Kier alpha value is -1.07. The lowest BCUT2D eigenvalue weighted by Gasteiger charge is -1.96. The first-order valence-corrected chi connectivity index (χ1v) is 4.44. The molecule has 1 heterocycles. The largest absolute Gasteiger partial charge is 0.455 e. The van der Waals surface area contributed by atoms with E-state index in [1.165, 1.54) is 0 Å². The number of alkyl halides is 3. The zero-order valence-corrected chi connectivity index (χ0v) is 7.76. The molecule has 1 aromatic rings. The molecule has 6 heteroatoms. The second-order valence-corrected chi connectivity index (χ2v) is 2.97. The van der Waals surface area contributed by atoms with Gasteiger partial charge in [0.05, 0.1) is 0 Å². The van der Waals surface area contributed by atoms with E-state index in [1.807, 2.05) is 6.92 Å². The molecule has 0 unspecified atom stereocenters. The van der Waals surface area contributed by atoms with Crippen LogP contribution in [0.3, 0.4) is 0 Å². The predicted octanol–water partition coefficient (Wildman–Crippen LogP) is 2.82. The molecular weight excluding hydrogens is 197 g/mol. The number of unbranched alkanes of at least 4 members (excludes halogenated alkanes) is 2. The van der Waals surface area contributed by atoms with Crippen molar-refractivity contribution in [1.29, 1.82) is 0 Å². The van der Waals surface area contributed by atoms with Crippen LogP contribution in [0.2, 0.25) is 0 Å². The fourth-order valence-electron chi connectivity index (χ4n) is 0.998. The van der Waals surface area contributed by atoms with E-state index in [-0.39, 0.29) is 5.89 Å². The molecule has 1 rings (SSSR count). The van der Waals surface area contributed by atoms with Crippen LogP contribution >= 0.6 is 0 Å². The maximum atomic E-state index is 12.0. The van der Waals surface area contributed by atoms with Gasteiger partial charge < -0.3 is 4.52 Å². The van der Waals surface area contributed by atoms with Gasteiger partial charge in [0.1, 0.15) is 0 Å². The lowest BCUT2D eigenvalue weighted by atomic mass is 10.2. The Bertz CT molecular complexity index is 282. The first-order valence-electron chi connectivity index (χ1n) is 4.44. The van der Waals surface area contributed by atoms with Crippen LogP contribution in [-0.4, -0.2) is 10.1 Å². The van der Waals surface area contributed by atoms with Gasteiger partial charge in [-0.2, -0.15) is 18.2 Å². The lowest BCUT2D eigenvalue weighted by Crippen LogP contribution is -2.07. The van der Waals surface area contributed by atoms with Crippen molar-refractivity contribution in [2.45, 2.75) is 38.8 Å². The van der Waals surface area contributed by atoms with Crippen LogP contribution in [0.15, 0.2) is 4.52 Å². The smallest absolute Gasteiger partial charge is 0.339 e. The molecule has 0 saturated heterocycles. The molecule has 0 bridgehead atoms. The predicted molar refractivity (Wildman–Crippen MR) is 42.5 cm³/mol. The Balaban J connectivity index is 2.51. The molecule has 0 N–H and O–H groups in total. The summed E-state index contributed by atoms with van der Waals surface area (Å²) in [6.07, 6.45) is -1.37. The third-order valence-electron chi connectivity index (χ3n) is 1.72. The minimum Gasteiger partial charge on any atom is -0.339 e. The monoisotopic (exact) mass is 208 g/mol. The van der Waals surface area contributed by atoms with Crippen LogP contribution in [0.4, 0.5) is 13.2 Å². The molecule has 0 spiro atoms. The molecule has 1 aromatic heterocycles. The highest BCUT2D eigenvalue weighted by Gasteiger charge is 2.37. The van der Waals surface area contributed by atoms with Crippen LogP contribution in [0.1, 0.15) is 37.9 Å². The number of hydrogen-bond acceptors (Lipinski definition) is 3. The van der Waals surface area contributed by atoms with E-state index < -0.39 is 12.0 Å². The number of aromatic nitrogens is 2. The summed E-state index contributed by atoms with van der Waals surface area (Å²) >= 11 is 0. The zero-order valence-electron chi connectivity index (χ0n) is 7.76. The molecule has 0 aromatic carbocycles. The summed E-state index contributed by atoms with van der Waals surface area (Å²) in [7, 11) is 0. The van der Waals surface area contributed by atoms with Crippen LogP contribution in [-0.2, 0) is 12.6 Å². The van der Waals surface area contributed by atoms with Crippen molar-refractivity contribution in [1.82, 2.24) is 10.1 Å². The first kappa shape index (κ1) is 11.0. The minimum atomic E-state index is -4.51. The number of rotatable bonds is 4. The maximum absolute atomic E-state index is 12.0. The van der Waals surface area contributed by atoms with Crippen LogP contribution in [0, 0.1) is 0 Å². The Morgan fingerprint density at radius 1 is 1.29 bits per heavy atom. The van der Waals surface area contributed by atoms with Gasteiger partial charge in [-0.3, -0.25) is 0 Å². The van der Waals surface area contributed by atoms with Crippen LogP contribution < -0.4 is 0 Å². The third kappa shape index (κ3) is 3.01. The number of hydrogen-bond donors (Lipinski definition) is 0. The standard InChI is InChI=1S/C8H11F3N2O/c1-2-3-4-5-6-12-7(13-14-6)8(9,10)11/h2-5H2,1H3. The van der Waals surface area contributed by atoms with Gasteiger partial charge in [0, 0.05) is 6.42 Å². The third-order valence-corrected chi connectivity index (χ3v) is 1.72. The highest BCUT2D eigenvalue weighted by atomic mass is 19.4. The van der Waals surface area contributed by atoms with Gasteiger partial charge in [0.2, 0.25) is 5.89 Å². The molecule has 0 saturated carbocycles. The van der Waals surface area contributed by atoms with Gasteiger partial charge in [-0.1, -0.05) is 24.9 Å². The van der Waals surface area contributed by atoms with E-state index in [0.29, 0.717) is 6.42 Å². The number of nitrogens with zero attached hydrogens (tertiary/aromatic N) is 2. The molecule has 0 aliphatic rings. The molecule has 0 radical (unpaired) electrons. The Morgan fingerprint density at radius 3 is 2.50 bits per heavy atom. The van der Waals surface area contributed by atoms with Crippen molar-refractivity contribution in [3.05, 3.63) is 11.7 Å². The summed E-state index contributed by atoms with van der Waals surface area (Å²) in [4.78, 5) is 3.25. The van der Waals surface area contributed by atoms with Crippen molar-refractivity contribution in [3.63, 3.8) is 0 Å². The SMILES string of the molecule is CCCCCc1nc(C(F)(F)F)no1. The molecule has 14 heavy (non-hydrogen) atoms. The van der Waals surface area contributed by atoms with Crippen molar-refractivity contribution in [3.8, 4) is 0 Å². The van der Waals surface area contributed by atoms with Gasteiger partial charge in [-0.25, -0.2) is 0 Å². The summed E-state index contributed by atoms with van der Waals surface area (Å²) < 4.78 is 40.5. The Labute approximate surface area is 79.3 Å². The van der Waals surface area contributed by atoms with Crippen LogP contribution in [0.25, 0.3) is 0 Å². The zero-order chi connectivity index (χ0) is 10.6. The number of aryl methyl sites for hydroxylation is 1. The van der Waals surface area contributed by atoms with Gasteiger partial charge in [0.25, 0.3) is 5.82 Å². The van der Waals surface area contributed by atoms with Gasteiger partial charge in [-0.05, 0) is 6.42 Å². The quantitative estimate of drug-likeness (QED) is 0.714. The van der Waals surface area contributed by atoms with Crippen molar-refractivity contribution in [2.24, 2.45) is 0 Å². The lowest BCUT2D eigenvalue weighted by molar-refractivity contribution is -0.146. The van der Waals surface area contributed by atoms with E-state index in [0.717, 1.165) is 19.3 Å². The molecule has 0 aliphatic carbocycles. The molecule has 80 valence electrons. The summed E-state index contributed by atoms with van der Waals surface area (Å²) in [6.45, 7) is 2.01. The fraction of sp³-hybridized carbons (Fsp3) is 0.750. The summed E-state index contributed by atoms with van der Waals surface area (Å²) in [5.74, 6) is -1.13. The topological polar surface area (TPSA) is 38.9 Å². The fourth-order valence-corrected chi connectivity index (χ4v) is 0.998. The molecule has 3 nitrogen and oxygen atoms in total. The average Bonchev–Trinajstić information content (AvgIpc) is 2.52. The normalized spacial score (nSPS) is 12.0. The summed E-state index contributed by atoms with van der Waals surface area (Å²) in [5, 5.41) is 2.86. The average molecular weight is 208 g/mol. The van der Waals surface area contributed by atoms with Crippen LogP contribution in [0.5, 0.6) is 0 Å². The summed E-state index contributed by atoms with van der Waals surface area (Å²) in [5.41, 5.74) is 0. The second-order valence-electron chi connectivity index (χ2n) is 2.97. The van der Waals surface area contributed by atoms with Gasteiger partial charge in [0.15, 0.2) is 0 Å². The highest BCUT2D eigenvalue weighted by Crippen LogP contribution is 2.26. The van der Waals surface area contributed by atoms with E-state index in [1.54, 1.807) is 0 Å². The van der Waals surface area contributed by atoms with Crippen molar-refractivity contribution in [2.75, 3.05) is 0 Å². The van der Waals surface area contributed by atoms with E-state index in [2.05, 4.69) is 14.7 Å². The van der Waals surface area contributed by atoms with Gasteiger partial charge >= 0.3 is 6.18 Å². The highest BCUT2D eigenvalue weighted by molar-refractivity contribution is 4.90. The minimum absolute atomic E-state index is 0.0609. The molecule has 0 amide bonds. The van der Waals surface area contributed by atoms with E-state index >= 15 is 0 Å². The first-order chi connectivity index (χ1) is 6.54. The Morgan fingerprint density at radius 2 is 2.00 bits per heavy atom.